The van der Waals surface area contributed by atoms with Gasteiger partial charge in [-0.1, -0.05) is 12.1 Å². The number of benzene rings is 1. The quantitative estimate of drug-likeness (QED) is 0.480. The summed E-state index contributed by atoms with van der Waals surface area (Å²) >= 11 is 0. The smallest absolute Gasteiger partial charge is 0.266 e. The number of carbonyl (C=O) groups is 1. The minimum Gasteiger partial charge on any atom is -0.268 e. The highest BCUT2D eigenvalue weighted by Crippen LogP contribution is 2.20. The number of rotatable bonds is 0. The maximum absolute atomic E-state index is 11.1. The van der Waals surface area contributed by atoms with Crippen LogP contribution in [0.3, 0.4) is 0 Å². The van der Waals surface area contributed by atoms with E-state index >= 15 is 0 Å². The lowest BCUT2D eigenvalue weighted by Gasteiger charge is -1.91. The van der Waals surface area contributed by atoms with Crippen LogP contribution in [0.4, 0.5) is 0 Å². The van der Waals surface area contributed by atoms with Crippen molar-refractivity contribution in [2.24, 2.45) is 0 Å². The summed E-state index contributed by atoms with van der Waals surface area (Å²) in [5.74, 6) is -0.550. The van der Waals surface area contributed by atoms with Crippen molar-refractivity contribution in [3.05, 3.63) is 29.8 Å². The minimum absolute atomic E-state index is 0.0648. The van der Waals surface area contributed by atoms with Crippen LogP contribution in [0.5, 0.6) is 0 Å². The number of isocyanates is 1. The zero-order valence-corrected chi connectivity index (χ0v) is 8.17. The number of carbonyl (C=O) groups excluding carboxylic acids is 2. The lowest BCUT2D eigenvalue weighted by Crippen LogP contribution is -2.20. The zero-order chi connectivity index (χ0) is 11.5. The molecule has 0 atom stereocenters. The lowest BCUT2D eigenvalue weighted by molar-refractivity contribution is 0.0985. The van der Waals surface area contributed by atoms with Gasteiger partial charge in [0.2, 0.25) is 6.08 Å². The van der Waals surface area contributed by atoms with E-state index in [4.69, 9.17) is 10.2 Å². The van der Waals surface area contributed by atoms with Crippen LogP contribution in [0.25, 0.3) is 0 Å². The van der Waals surface area contributed by atoms with Crippen molar-refractivity contribution >= 4 is 22.0 Å². The van der Waals surface area contributed by atoms with Crippen molar-refractivity contribution in [1.82, 2.24) is 4.72 Å². The second-order valence-electron chi connectivity index (χ2n) is 2.53. The molecule has 0 radical (unpaired) electrons. The Morgan fingerprint density at radius 2 is 1.80 bits per heavy atom. The summed E-state index contributed by atoms with van der Waals surface area (Å²) in [4.78, 5) is 19.4. The monoisotopic (exact) mass is 226 g/mol. The molecule has 0 fully saturated rings. The first kappa shape index (κ1) is 11.1. The third-order valence-electron chi connectivity index (χ3n) is 1.65. The average Bonchev–Trinajstić information content (AvgIpc) is 2.40. The Bertz CT molecular complexity index is 529. The van der Waals surface area contributed by atoms with E-state index in [-0.39, 0.29) is 10.5 Å². The summed E-state index contributed by atoms with van der Waals surface area (Å²) in [5, 5.41) is 5.40. The highest BCUT2D eigenvalue weighted by Gasteiger charge is 2.31. The van der Waals surface area contributed by atoms with Crippen LogP contribution < -0.4 is 4.72 Å². The van der Waals surface area contributed by atoms with Crippen molar-refractivity contribution in [3.8, 4) is 0 Å². The van der Waals surface area contributed by atoms with Crippen LogP contribution in [-0.2, 0) is 14.8 Å². The second kappa shape index (κ2) is 4.04. The van der Waals surface area contributed by atoms with Crippen LogP contribution in [0, 0.1) is 5.41 Å². The second-order valence-corrected chi connectivity index (χ2v) is 4.18. The van der Waals surface area contributed by atoms with Crippen LogP contribution in [0.1, 0.15) is 10.4 Å². The fourth-order valence-corrected chi connectivity index (χ4v) is 2.29. The normalized spacial score (nSPS) is 15.3. The third kappa shape index (κ3) is 2.09. The highest BCUT2D eigenvalue weighted by atomic mass is 32.2. The first-order chi connectivity index (χ1) is 7.03. The molecule has 1 aromatic rings. The molecule has 0 saturated carbocycles. The first-order valence-electron chi connectivity index (χ1n) is 3.73. The Morgan fingerprint density at radius 1 is 1.27 bits per heavy atom. The number of fused-ring (bicyclic) bond motifs is 1. The predicted octanol–water partition coefficient (Wildman–Crippen LogP) is 0.0197. The molecule has 15 heavy (non-hydrogen) atoms. The van der Waals surface area contributed by atoms with Gasteiger partial charge in [-0.05, 0) is 12.1 Å². The van der Waals surface area contributed by atoms with Crippen molar-refractivity contribution in [2.75, 3.05) is 0 Å². The van der Waals surface area contributed by atoms with E-state index in [9.17, 15) is 13.2 Å². The molecule has 1 amide bonds. The van der Waals surface area contributed by atoms with Gasteiger partial charge in [0.25, 0.3) is 15.9 Å². The van der Waals surface area contributed by atoms with E-state index in [2.05, 4.69) is 0 Å². The average molecular weight is 226 g/mol. The van der Waals surface area contributed by atoms with Gasteiger partial charge in [0.15, 0.2) is 0 Å². The van der Waals surface area contributed by atoms with Crippen molar-refractivity contribution in [3.63, 3.8) is 0 Å². The molecule has 1 aromatic carbocycles. The van der Waals surface area contributed by atoms with Gasteiger partial charge in [-0.3, -0.25) is 4.79 Å². The molecule has 0 aromatic heterocycles. The molecule has 0 unspecified atom stereocenters. The zero-order valence-electron chi connectivity index (χ0n) is 7.35. The van der Waals surface area contributed by atoms with Gasteiger partial charge in [-0.15, -0.1) is 0 Å². The maximum Gasteiger partial charge on any atom is 0.266 e. The summed E-state index contributed by atoms with van der Waals surface area (Å²) in [5.41, 5.74) is 0.220. The van der Waals surface area contributed by atoms with Crippen LogP contribution in [0.15, 0.2) is 29.2 Å². The van der Waals surface area contributed by atoms with E-state index in [1.165, 1.54) is 12.1 Å². The summed E-state index contributed by atoms with van der Waals surface area (Å²) in [6.07, 6.45) is 0.750. The molecule has 0 bridgehead atoms. The molecule has 78 valence electrons. The standard InChI is InChI=1S/C7H5NO3S.CHNO/c9-7-5-3-1-2-4-6(5)12(10,11)8-7;2-1-3/h1-4H,(H,8,9);2H. The van der Waals surface area contributed by atoms with E-state index < -0.39 is 15.9 Å². The lowest BCUT2D eigenvalue weighted by atomic mass is 10.2. The van der Waals surface area contributed by atoms with Crippen molar-refractivity contribution in [2.45, 2.75) is 4.90 Å². The highest BCUT2D eigenvalue weighted by molar-refractivity contribution is 7.90. The predicted molar refractivity (Wildman–Crippen MR) is 49.5 cm³/mol. The molecule has 2 N–H and O–H groups in total. The first-order valence-corrected chi connectivity index (χ1v) is 5.21. The van der Waals surface area contributed by atoms with Crippen molar-refractivity contribution in [1.29, 1.82) is 5.41 Å². The van der Waals surface area contributed by atoms with Crippen LogP contribution >= 0.6 is 0 Å². The number of amides is 1. The van der Waals surface area contributed by atoms with Gasteiger partial charge in [-0.25, -0.2) is 23.3 Å². The fraction of sp³-hybridized carbons (Fsp3) is 0. The summed E-state index contributed by atoms with van der Waals surface area (Å²) in [6, 6.07) is 6.09. The summed E-state index contributed by atoms with van der Waals surface area (Å²) in [7, 11) is -3.55. The molecule has 0 aliphatic carbocycles. The molecule has 1 aliphatic heterocycles. The van der Waals surface area contributed by atoms with E-state index in [1.807, 2.05) is 4.72 Å². The molecule has 2 rings (SSSR count). The Hall–Kier alpha value is -1.98. The summed E-state index contributed by atoms with van der Waals surface area (Å²) in [6.45, 7) is 0. The number of hydrogen-bond donors (Lipinski definition) is 2. The molecule has 0 saturated heterocycles. The number of hydrogen-bond acceptors (Lipinski definition) is 5. The third-order valence-corrected chi connectivity index (χ3v) is 3.04. The van der Waals surface area contributed by atoms with Gasteiger partial charge >= 0.3 is 0 Å². The number of nitrogens with one attached hydrogen (secondary N) is 2. The molecule has 1 aliphatic rings. The Kier molecular flexibility index (Phi) is 2.99. The maximum atomic E-state index is 11.1. The largest absolute Gasteiger partial charge is 0.268 e. The molecule has 0 spiro atoms. The molecule has 6 nitrogen and oxygen atoms in total. The van der Waals surface area contributed by atoms with Crippen LogP contribution in [-0.4, -0.2) is 20.4 Å². The van der Waals surface area contributed by atoms with Gasteiger partial charge in [0, 0.05) is 0 Å². The van der Waals surface area contributed by atoms with E-state index in [1.54, 1.807) is 12.1 Å². The van der Waals surface area contributed by atoms with Gasteiger partial charge in [-0.2, -0.15) is 0 Å². The van der Waals surface area contributed by atoms with Crippen molar-refractivity contribution < 1.29 is 18.0 Å². The van der Waals surface area contributed by atoms with Gasteiger partial charge in [0.1, 0.15) is 4.90 Å². The van der Waals surface area contributed by atoms with Gasteiger partial charge in [0.05, 0.1) is 5.56 Å². The molecule has 7 heteroatoms. The SMILES string of the molecule is N=C=O.O=C1NS(=O)(=O)c2ccccc21. The Balaban J connectivity index is 0.000000337. The van der Waals surface area contributed by atoms with Gasteiger partial charge < -0.3 is 0 Å². The Labute approximate surface area is 85.5 Å². The fourth-order valence-electron chi connectivity index (χ4n) is 1.12. The molecular formula is C8H6N2O4S. The summed E-state index contributed by atoms with van der Waals surface area (Å²) < 4.78 is 24.2. The number of sulfonamides is 1. The topological polar surface area (TPSA) is 104 Å². The van der Waals surface area contributed by atoms with E-state index in [0.717, 1.165) is 6.08 Å². The van der Waals surface area contributed by atoms with E-state index in [0.29, 0.717) is 0 Å². The molecular weight excluding hydrogens is 220 g/mol. The minimum atomic E-state index is -3.55. The van der Waals surface area contributed by atoms with Crippen LogP contribution in [0.2, 0.25) is 0 Å². The molecule has 1 heterocycles. The Morgan fingerprint density at radius 3 is 2.33 bits per heavy atom.